The molecule has 0 radical (unpaired) electrons. The van der Waals surface area contributed by atoms with Crippen LogP contribution in [0, 0.1) is 13.8 Å². The molecule has 1 amide bonds. The molecule has 0 bridgehead atoms. The van der Waals surface area contributed by atoms with Crippen molar-refractivity contribution in [3.05, 3.63) is 70.1 Å². The highest BCUT2D eigenvalue weighted by atomic mass is 32.2. The maximum Gasteiger partial charge on any atom is 0.442 e. The molecule has 1 heterocycles. The lowest BCUT2D eigenvalue weighted by Crippen LogP contribution is -2.36. The van der Waals surface area contributed by atoms with Crippen molar-refractivity contribution in [2.24, 2.45) is 0 Å². The fourth-order valence-corrected chi connectivity index (χ4v) is 3.11. The van der Waals surface area contributed by atoms with E-state index in [-0.39, 0.29) is 11.7 Å². The molecule has 3 aromatic rings. The Morgan fingerprint density at radius 2 is 1.92 bits per heavy atom. The standard InChI is InChI=1S/C18H17N3O3S/c1-12-7-6-10-15(13(12)2)19-16(22)11-25-17-18(23)24-20-21(17)14-8-4-3-5-9-14/h3-10H,11H2,1-2H3,(H-,19,20,22,23)/p+1. The van der Waals surface area contributed by atoms with Gasteiger partial charge in [0, 0.05) is 17.8 Å². The number of H-pyrrole nitrogens is 1. The molecule has 0 aliphatic heterocycles. The van der Waals surface area contributed by atoms with E-state index in [1.165, 1.54) is 4.68 Å². The van der Waals surface area contributed by atoms with Crippen molar-refractivity contribution in [2.45, 2.75) is 18.9 Å². The number of hydrogen-bond acceptors (Lipinski definition) is 4. The van der Waals surface area contributed by atoms with Gasteiger partial charge in [0.25, 0.3) is 0 Å². The summed E-state index contributed by atoms with van der Waals surface area (Å²) in [5.74, 6) is -0.0815. The van der Waals surface area contributed by atoms with Crippen molar-refractivity contribution >= 4 is 23.4 Å². The lowest BCUT2D eigenvalue weighted by Gasteiger charge is -2.09. The molecule has 0 saturated heterocycles. The zero-order valence-electron chi connectivity index (χ0n) is 13.9. The van der Waals surface area contributed by atoms with Crippen molar-refractivity contribution < 1.29 is 14.0 Å². The van der Waals surface area contributed by atoms with Gasteiger partial charge in [-0.15, -0.1) is 0 Å². The van der Waals surface area contributed by atoms with Crippen LogP contribution in [0.25, 0.3) is 5.69 Å². The quantitative estimate of drug-likeness (QED) is 0.544. The number of aromatic nitrogens is 2. The van der Waals surface area contributed by atoms with Crippen LogP contribution in [0.1, 0.15) is 11.1 Å². The number of nitrogens with one attached hydrogen (secondary N) is 2. The molecule has 0 unspecified atom stereocenters. The molecule has 128 valence electrons. The Morgan fingerprint density at radius 1 is 1.16 bits per heavy atom. The maximum atomic E-state index is 12.2. The molecule has 0 atom stereocenters. The molecule has 6 nitrogen and oxygen atoms in total. The van der Waals surface area contributed by atoms with Gasteiger partial charge in [0.05, 0.1) is 5.75 Å². The van der Waals surface area contributed by atoms with Gasteiger partial charge in [0.1, 0.15) is 0 Å². The first-order chi connectivity index (χ1) is 12.1. The van der Waals surface area contributed by atoms with Crippen LogP contribution in [0.2, 0.25) is 0 Å². The number of benzene rings is 2. The van der Waals surface area contributed by atoms with E-state index in [1.54, 1.807) is 0 Å². The Bertz CT molecular complexity index is 948. The lowest BCUT2D eigenvalue weighted by atomic mass is 10.1. The summed E-state index contributed by atoms with van der Waals surface area (Å²) >= 11 is 1.13. The number of carbonyl (C=O) groups is 1. The van der Waals surface area contributed by atoms with E-state index < -0.39 is 5.63 Å². The van der Waals surface area contributed by atoms with E-state index in [1.807, 2.05) is 62.4 Å². The summed E-state index contributed by atoms with van der Waals surface area (Å²) in [4.78, 5) is 24.2. The summed E-state index contributed by atoms with van der Waals surface area (Å²) in [6, 6.07) is 15.0. The van der Waals surface area contributed by atoms with Crippen molar-refractivity contribution in [3.8, 4) is 5.69 Å². The molecular formula is C18H18N3O3S+. The highest BCUT2D eigenvalue weighted by Gasteiger charge is 2.24. The molecule has 1 aromatic heterocycles. The van der Waals surface area contributed by atoms with Crippen molar-refractivity contribution in [1.29, 1.82) is 0 Å². The third-order valence-corrected chi connectivity index (χ3v) is 4.87. The minimum atomic E-state index is -0.506. The Kier molecular flexibility index (Phi) is 5.04. The Balaban J connectivity index is 1.72. The second-order valence-corrected chi connectivity index (χ2v) is 6.51. The van der Waals surface area contributed by atoms with Crippen LogP contribution in [-0.4, -0.2) is 16.9 Å². The SMILES string of the molecule is Cc1cccc(NC(=O)CSc2c(=O)o[nH][n+]2-c2ccccc2)c1C. The maximum absolute atomic E-state index is 12.2. The normalized spacial score (nSPS) is 10.6. The van der Waals surface area contributed by atoms with Crippen LogP contribution in [0.4, 0.5) is 5.69 Å². The first-order valence-electron chi connectivity index (χ1n) is 7.74. The molecule has 7 heteroatoms. The molecule has 0 aliphatic carbocycles. The van der Waals surface area contributed by atoms with Crippen LogP contribution in [0.3, 0.4) is 0 Å². The van der Waals surface area contributed by atoms with E-state index in [9.17, 15) is 9.59 Å². The zero-order chi connectivity index (χ0) is 17.8. The van der Waals surface area contributed by atoms with Crippen LogP contribution in [-0.2, 0) is 4.79 Å². The molecule has 0 saturated carbocycles. The molecule has 0 fully saturated rings. The number of para-hydroxylation sites is 1. The van der Waals surface area contributed by atoms with Gasteiger partial charge in [-0.2, -0.15) is 0 Å². The highest BCUT2D eigenvalue weighted by molar-refractivity contribution is 7.99. The van der Waals surface area contributed by atoms with Crippen LogP contribution >= 0.6 is 11.8 Å². The molecule has 25 heavy (non-hydrogen) atoms. The third kappa shape index (κ3) is 3.83. The van der Waals surface area contributed by atoms with E-state index >= 15 is 0 Å². The van der Waals surface area contributed by atoms with Crippen LogP contribution in [0.5, 0.6) is 0 Å². The topological polar surface area (TPSA) is 79.0 Å². The van der Waals surface area contributed by atoms with Gasteiger partial charge in [-0.3, -0.25) is 9.32 Å². The van der Waals surface area contributed by atoms with Gasteiger partial charge in [-0.25, -0.2) is 4.79 Å². The summed E-state index contributed by atoms with van der Waals surface area (Å²) < 4.78 is 6.39. The summed E-state index contributed by atoms with van der Waals surface area (Å²) in [6.45, 7) is 3.95. The van der Waals surface area contributed by atoms with Crippen molar-refractivity contribution in [3.63, 3.8) is 0 Å². The predicted octanol–water partition coefficient (Wildman–Crippen LogP) is 2.59. The molecule has 3 rings (SSSR count). The third-order valence-electron chi connectivity index (χ3n) is 3.84. The monoisotopic (exact) mass is 356 g/mol. The molecule has 0 spiro atoms. The number of amides is 1. The number of hydrogen-bond donors (Lipinski definition) is 2. The number of anilines is 1. The predicted molar refractivity (Wildman–Crippen MR) is 96.1 cm³/mol. The Labute approximate surface area is 148 Å². The summed E-state index contributed by atoms with van der Waals surface area (Å²) in [5, 5.41) is 5.76. The average molecular weight is 356 g/mol. The van der Waals surface area contributed by atoms with Gasteiger partial charge < -0.3 is 5.32 Å². The molecule has 2 N–H and O–H groups in total. The first-order valence-corrected chi connectivity index (χ1v) is 8.72. The largest absolute Gasteiger partial charge is 0.442 e. The number of nitrogens with zero attached hydrogens (tertiary/aromatic N) is 1. The Hall–Kier alpha value is -2.80. The highest BCUT2D eigenvalue weighted by Crippen LogP contribution is 2.19. The van der Waals surface area contributed by atoms with E-state index in [2.05, 4.69) is 10.6 Å². The number of rotatable bonds is 5. The fraction of sp³-hybridized carbons (Fsp3) is 0.167. The van der Waals surface area contributed by atoms with E-state index in [0.717, 1.165) is 34.3 Å². The van der Waals surface area contributed by atoms with Gasteiger partial charge in [0.2, 0.25) is 11.6 Å². The van der Waals surface area contributed by atoms with E-state index in [4.69, 9.17) is 4.52 Å². The number of aromatic amines is 1. The second-order valence-electron chi connectivity index (χ2n) is 5.54. The van der Waals surface area contributed by atoms with E-state index in [0.29, 0.717) is 5.03 Å². The van der Waals surface area contributed by atoms with Crippen LogP contribution in [0.15, 0.2) is 62.9 Å². The fourth-order valence-electron chi connectivity index (χ4n) is 2.34. The molecule has 0 aliphatic rings. The zero-order valence-corrected chi connectivity index (χ0v) is 14.7. The van der Waals surface area contributed by atoms with Crippen molar-refractivity contribution in [2.75, 3.05) is 11.1 Å². The van der Waals surface area contributed by atoms with Gasteiger partial charge >= 0.3 is 10.7 Å². The van der Waals surface area contributed by atoms with Crippen LogP contribution < -0.4 is 15.6 Å². The Morgan fingerprint density at radius 3 is 2.68 bits per heavy atom. The minimum absolute atomic E-state index is 0.100. The van der Waals surface area contributed by atoms with Gasteiger partial charge in [0.15, 0.2) is 0 Å². The first kappa shape index (κ1) is 17.0. The number of thioether (sulfide) groups is 1. The molecular weight excluding hydrogens is 338 g/mol. The smallest absolute Gasteiger partial charge is 0.325 e. The van der Waals surface area contributed by atoms with Gasteiger partial charge in [-0.1, -0.05) is 30.3 Å². The summed E-state index contributed by atoms with van der Waals surface area (Å²) in [5.41, 5.74) is 3.17. The molecule has 2 aromatic carbocycles. The van der Waals surface area contributed by atoms with Gasteiger partial charge in [-0.05, 0) is 52.8 Å². The minimum Gasteiger partial charge on any atom is -0.325 e. The average Bonchev–Trinajstić information content (AvgIpc) is 2.98. The van der Waals surface area contributed by atoms with Crippen molar-refractivity contribution in [1.82, 2.24) is 5.27 Å². The number of aryl methyl sites for hydroxylation is 1. The number of carbonyl (C=O) groups excluding carboxylic acids is 1. The second kappa shape index (κ2) is 7.40. The summed E-state index contributed by atoms with van der Waals surface area (Å²) in [6.07, 6.45) is 0. The lowest BCUT2D eigenvalue weighted by molar-refractivity contribution is -0.704. The summed E-state index contributed by atoms with van der Waals surface area (Å²) in [7, 11) is 0.